The minimum atomic E-state index is -0.888. The average Bonchev–Trinajstić information content (AvgIpc) is 3.15. The molecule has 2 amide bonds. The van der Waals surface area contributed by atoms with Crippen LogP contribution < -0.4 is 5.32 Å². The molecule has 4 rings (SSSR count). The zero-order valence-electron chi connectivity index (χ0n) is 19.7. The first kappa shape index (κ1) is 23.8. The minimum absolute atomic E-state index is 0.0576. The number of hydrogen-bond donors (Lipinski definition) is 2. The molecule has 180 valence electrons. The lowest BCUT2D eigenvalue weighted by Gasteiger charge is -2.36. The number of carboxylic acids is 1. The van der Waals surface area contributed by atoms with Gasteiger partial charge in [0.25, 0.3) is 0 Å². The summed E-state index contributed by atoms with van der Waals surface area (Å²) in [5.41, 5.74) is 4.55. The van der Waals surface area contributed by atoms with E-state index < -0.39 is 24.0 Å². The smallest absolute Gasteiger partial charge is 0.407 e. The molecule has 34 heavy (non-hydrogen) atoms. The van der Waals surface area contributed by atoms with Crippen LogP contribution in [0.3, 0.4) is 0 Å². The van der Waals surface area contributed by atoms with Gasteiger partial charge in [-0.15, -0.1) is 0 Å². The second kappa shape index (κ2) is 10.3. The van der Waals surface area contributed by atoms with Gasteiger partial charge in [-0.05, 0) is 41.0 Å². The van der Waals surface area contributed by atoms with Gasteiger partial charge in [-0.2, -0.15) is 0 Å². The molecule has 1 saturated heterocycles. The van der Waals surface area contributed by atoms with Crippen molar-refractivity contribution in [3.05, 3.63) is 59.7 Å². The Morgan fingerprint density at radius 1 is 1.06 bits per heavy atom. The van der Waals surface area contributed by atoms with Crippen molar-refractivity contribution in [1.29, 1.82) is 0 Å². The van der Waals surface area contributed by atoms with E-state index in [-0.39, 0.29) is 30.9 Å². The van der Waals surface area contributed by atoms with Crippen LogP contribution >= 0.6 is 0 Å². The van der Waals surface area contributed by atoms with Crippen molar-refractivity contribution < 1.29 is 24.2 Å². The van der Waals surface area contributed by atoms with E-state index in [4.69, 9.17) is 4.74 Å². The number of fused-ring (bicyclic) bond motifs is 3. The number of piperidine rings is 1. The molecule has 0 radical (unpaired) electrons. The van der Waals surface area contributed by atoms with E-state index in [1.807, 2.05) is 38.1 Å². The monoisotopic (exact) mass is 464 g/mol. The molecule has 3 atom stereocenters. The standard InChI is InChI=1S/C27H32N2O5/c1-3-8-24(25(30)29-14-17(2)13-18(15-29)26(31)32)28-27(33)34-16-23-21-11-6-4-9-19(21)20-10-5-7-12-22(20)23/h4-7,9-12,17-18,23-24H,3,8,13-16H2,1-2H3,(H,28,33)(H,31,32)/t17?,18?,24-/m1/s1. The number of nitrogens with zero attached hydrogens (tertiary/aromatic N) is 1. The van der Waals surface area contributed by atoms with E-state index in [0.29, 0.717) is 25.8 Å². The summed E-state index contributed by atoms with van der Waals surface area (Å²) in [6.45, 7) is 4.73. The summed E-state index contributed by atoms with van der Waals surface area (Å²) >= 11 is 0. The highest BCUT2D eigenvalue weighted by molar-refractivity contribution is 5.86. The fraction of sp³-hybridized carbons (Fsp3) is 0.444. The van der Waals surface area contributed by atoms with E-state index >= 15 is 0 Å². The van der Waals surface area contributed by atoms with Gasteiger partial charge in [-0.1, -0.05) is 68.8 Å². The maximum absolute atomic E-state index is 13.2. The first-order valence-corrected chi connectivity index (χ1v) is 12.0. The number of benzene rings is 2. The number of alkyl carbamates (subject to hydrolysis) is 1. The molecule has 1 fully saturated rings. The van der Waals surface area contributed by atoms with Gasteiger partial charge >= 0.3 is 12.1 Å². The third kappa shape index (κ3) is 4.93. The van der Waals surface area contributed by atoms with Crippen molar-refractivity contribution in [3.8, 4) is 11.1 Å². The topological polar surface area (TPSA) is 95.9 Å². The Morgan fingerprint density at radius 3 is 2.26 bits per heavy atom. The number of amides is 2. The summed E-state index contributed by atoms with van der Waals surface area (Å²) in [5, 5.41) is 12.2. The van der Waals surface area contributed by atoms with Crippen molar-refractivity contribution >= 4 is 18.0 Å². The number of carbonyl (C=O) groups excluding carboxylic acids is 2. The van der Waals surface area contributed by atoms with E-state index in [0.717, 1.165) is 22.3 Å². The van der Waals surface area contributed by atoms with Crippen molar-refractivity contribution in [1.82, 2.24) is 10.2 Å². The van der Waals surface area contributed by atoms with Crippen molar-refractivity contribution in [2.75, 3.05) is 19.7 Å². The van der Waals surface area contributed by atoms with Gasteiger partial charge in [-0.25, -0.2) is 4.79 Å². The van der Waals surface area contributed by atoms with Crippen LogP contribution in [0.1, 0.15) is 50.2 Å². The van der Waals surface area contributed by atoms with Crippen LogP contribution in [0.5, 0.6) is 0 Å². The highest BCUT2D eigenvalue weighted by atomic mass is 16.5. The van der Waals surface area contributed by atoms with Crippen LogP contribution in [-0.2, 0) is 14.3 Å². The number of likely N-dealkylation sites (tertiary alicyclic amines) is 1. The number of hydrogen-bond acceptors (Lipinski definition) is 4. The quantitative estimate of drug-likeness (QED) is 0.638. The molecule has 0 aromatic heterocycles. The average molecular weight is 465 g/mol. The van der Waals surface area contributed by atoms with Gasteiger partial charge in [-0.3, -0.25) is 9.59 Å². The molecular formula is C27H32N2O5. The van der Waals surface area contributed by atoms with Crippen LogP contribution in [0, 0.1) is 11.8 Å². The number of ether oxygens (including phenoxy) is 1. The molecular weight excluding hydrogens is 432 g/mol. The lowest BCUT2D eigenvalue weighted by atomic mass is 9.90. The zero-order chi connectivity index (χ0) is 24.2. The molecule has 1 aliphatic heterocycles. The fourth-order valence-corrected chi connectivity index (χ4v) is 5.26. The summed E-state index contributed by atoms with van der Waals surface area (Å²) < 4.78 is 5.62. The molecule has 2 aromatic rings. The fourth-order valence-electron chi connectivity index (χ4n) is 5.26. The van der Waals surface area contributed by atoms with E-state index in [1.54, 1.807) is 4.90 Å². The Bertz CT molecular complexity index is 1020. The Labute approximate surface area is 200 Å². The number of carboxylic acid groups (broad SMARTS) is 1. The highest BCUT2D eigenvalue weighted by Gasteiger charge is 2.35. The molecule has 0 bridgehead atoms. The molecule has 2 N–H and O–H groups in total. The summed E-state index contributed by atoms with van der Waals surface area (Å²) in [6, 6.07) is 15.5. The van der Waals surface area contributed by atoms with Gasteiger partial charge in [0.15, 0.2) is 0 Å². The summed E-state index contributed by atoms with van der Waals surface area (Å²) in [7, 11) is 0. The van der Waals surface area contributed by atoms with E-state index in [2.05, 4.69) is 29.6 Å². The van der Waals surface area contributed by atoms with Crippen molar-refractivity contribution in [2.45, 2.75) is 45.1 Å². The third-order valence-corrected chi connectivity index (χ3v) is 6.83. The summed E-state index contributed by atoms with van der Waals surface area (Å²) in [5.74, 6) is -1.67. The number of carbonyl (C=O) groups is 3. The molecule has 7 heteroatoms. The minimum Gasteiger partial charge on any atom is -0.481 e. The molecule has 0 saturated carbocycles. The van der Waals surface area contributed by atoms with E-state index in [1.165, 1.54) is 0 Å². The SMILES string of the molecule is CCC[C@@H](NC(=O)OCC1c2ccccc2-c2ccccc21)C(=O)N1CC(C)CC(C(=O)O)C1. The van der Waals surface area contributed by atoms with Gasteiger partial charge in [0.1, 0.15) is 12.6 Å². The summed E-state index contributed by atoms with van der Waals surface area (Å²) in [6.07, 6.45) is 1.09. The molecule has 1 aliphatic carbocycles. The van der Waals surface area contributed by atoms with Crippen LogP contribution in [0.4, 0.5) is 4.79 Å². The maximum atomic E-state index is 13.2. The first-order chi connectivity index (χ1) is 16.4. The lowest BCUT2D eigenvalue weighted by Crippen LogP contribution is -2.53. The maximum Gasteiger partial charge on any atom is 0.407 e. The van der Waals surface area contributed by atoms with Crippen LogP contribution in [-0.4, -0.2) is 53.7 Å². The number of rotatable bonds is 7. The van der Waals surface area contributed by atoms with Crippen molar-refractivity contribution in [3.63, 3.8) is 0 Å². The predicted molar refractivity (Wildman–Crippen MR) is 128 cm³/mol. The second-order valence-electron chi connectivity index (χ2n) is 9.43. The molecule has 0 spiro atoms. The normalized spacial score (nSPS) is 20.2. The molecule has 2 aromatic carbocycles. The summed E-state index contributed by atoms with van der Waals surface area (Å²) in [4.78, 5) is 39.0. The number of aliphatic carboxylic acids is 1. The predicted octanol–water partition coefficient (Wildman–Crippen LogP) is 4.26. The molecule has 7 nitrogen and oxygen atoms in total. The van der Waals surface area contributed by atoms with Crippen LogP contribution in [0.15, 0.2) is 48.5 Å². The zero-order valence-corrected chi connectivity index (χ0v) is 19.7. The Hall–Kier alpha value is -3.35. The first-order valence-electron chi connectivity index (χ1n) is 12.0. The van der Waals surface area contributed by atoms with Gasteiger partial charge in [0.2, 0.25) is 5.91 Å². The highest BCUT2D eigenvalue weighted by Crippen LogP contribution is 2.44. The third-order valence-electron chi connectivity index (χ3n) is 6.83. The molecule has 1 heterocycles. The number of nitrogens with one attached hydrogen (secondary N) is 1. The molecule has 2 aliphatic rings. The Balaban J connectivity index is 1.41. The van der Waals surface area contributed by atoms with Crippen molar-refractivity contribution in [2.24, 2.45) is 11.8 Å². The van der Waals surface area contributed by atoms with Gasteiger partial charge in [0.05, 0.1) is 5.92 Å². The van der Waals surface area contributed by atoms with Gasteiger partial charge < -0.3 is 20.1 Å². The molecule has 2 unspecified atom stereocenters. The van der Waals surface area contributed by atoms with Gasteiger partial charge in [0, 0.05) is 19.0 Å². The van der Waals surface area contributed by atoms with Crippen LogP contribution in [0.25, 0.3) is 11.1 Å². The largest absolute Gasteiger partial charge is 0.481 e. The van der Waals surface area contributed by atoms with Crippen LogP contribution in [0.2, 0.25) is 0 Å². The Morgan fingerprint density at radius 2 is 1.68 bits per heavy atom. The second-order valence-corrected chi connectivity index (χ2v) is 9.43. The lowest BCUT2D eigenvalue weighted by molar-refractivity contribution is -0.147. The Kier molecular flexibility index (Phi) is 7.20. The van der Waals surface area contributed by atoms with E-state index in [9.17, 15) is 19.5 Å².